The number of nitrogens with one attached hydrogen (secondary N) is 2. The lowest BCUT2D eigenvalue weighted by Gasteiger charge is -2.33. The highest BCUT2D eigenvalue weighted by Gasteiger charge is 2.26. The van der Waals surface area contributed by atoms with Gasteiger partial charge in [-0.1, -0.05) is 23.2 Å². The molecule has 3 heterocycles. The highest BCUT2D eigenvalue weighted by molar-refractivity contribution is 6.35. The fraction of sp³-hybridized carbons (Fsp3) is 0.500. The Morgan fingerprint density at radius 2 is 1.78 bits per heavy atom. The molecule has 2 aromatic heterocycles. The van der Waals surface area contributed by atoms with Crippen molar-refractivity contribution in [1.29, 1.82) is 0 Å². The van der Waals surface area contributed by atoms with Gasteiger partial charge in [0, 0.05) is 53.5 Å². The Morgan fingerprint density at radius 1 is 1.09 bits per heavy atom. The summed E-state index contributed by atoms with van der Waals surface area (Å²) in [7, 11) is 0. The first-order chi connectivity index (χ1) is 15.2. The maximum absolute atomic E-state index is 6.21. The number of hydrogen-bond donors (Lipinski definition) is 3. The minimum absolute atomic E-state index is 0.148. The lowest BCUT2D eigenvalue weighted by molar-refractivity contribution is 0.193. The number of hydrogen-bond acceptors (Lipinski definition) is 7. The Morgan fingerprint density at radius 3 is 2.41 bits per heavy atom. The van der Waals surface area contributed by atoms with Gasteiger partial charge in [-0.3, -0.25) is 4.57 Å². The number of rotatable bonds is 6. The van der Waals surface area contributed by atoms with Crippen molar-refractivity contribution in [2.45, 2.75) is 45.2 Å². The summed E-state index contributed by atoms with van der Waals surface area (Å²) >= 11 is 12.4. The van der Waals surface area contributed by atoms with E-state index in [9.17, 15) is 0 Å². The SMILES string of the molecule is CC(C)(C)Nc1ncc2nc(Nc3cc(Cl)cc(Cl)c3)n(C3CCN(CCN)CC3)c2n1. The molecule has 0 spiro atoms. The molecular formula is C22H30Cl2N8. The summed E-state index contributed by atoms with van der Waals surface area (Å²) in [6.45, 7) is 9.83. The van der Waals surface area contributed by atoms with Crippen molar-refractivity contribution in [2.75, 3.05) is 36.8 Å². The molecular weight excluding hydrogens is 447 g/mol. The van der Waals surface area contributed by atoms with Gasteiger partial charge in [0.05, 0.1) is 6.20 Å². The van der Waals surface area contributed by atoms with Crippen molar-refractivity contribution >= 4 is 51.9 Å². The molecule has 0 saturated carbocycles. The molecule has 1 saturated heterocycles. The lowest BCUT2D eigenvalue weighted by Crippen LogP contribution is -2.37. The van der Waals surface area contributed by atoms with Crippen molar-refractivity contribution in [2.24, 2.45) is 5.73 Å². The Hall–Kier alpha value is -2.13. The van der Waals surface area contributed by atoms with Crippen molar-refractivity contribution in [3.63, 3.8) is 0 Å². The van der Waals surface area contributed by atoms with Gasteiger partial charge in [0.2, 0.25) is 11.9 Å². The average Bonchev–Trinajstić information content (AvgIpc) is 3.04. The van der Waals surface area contributed by atoms with Gasteiger partial charge in [0.25, 0.3) is 0 Å². The largest absolute Gasteiger partial charge is 0.350 e. The van der Waals surface area contributed by atoms with E-state index in [1.165, 1.54) is 0 Å². The highest BCUT2D eigenvalue weighted by atomic mass is 35.5. The van der Waals surface area contributed by atoms with E-state index in [0.717, 1.165) is 49.3 Å². The smallest absolute Gasteiger partial charge is 0.225 e. The van der Waals surface area contributed by atoms with E-state index in [2.05, 4.69) is 45.9 Å². The molecule has 1 aliphatic heterocycles. The number of aromatic nitrogens is 4. The van der Waals surface area contributed by atoms with Crippen LogP contribution in [0, 0.1) is 0 Å². The lowest BCUT2D eigenvalue weighted by atomic mass is 10.0. The van der Waals surface area contributed by atoms with Gasteiger partial charge in [-0.25, -0.2) is 9.97 Å². The minimum Gasteiger partial charge on any atom is -0.350 e. The molecule has 4 rings (SSSR count). The number of nitrogens with two attached hydrogens (primary N) is 1. The van der Waals surface area contributed by atoms with Crippen LogP contribution < -0.4 is 16.4 Å². The molecule has 172 valence electrons. The number of nitrogens with zero attached hydrogens (tertiary/aromatic N) is 5. The molecule has 8 nitrogen and oxygen atoms in total. The van der Waals surface area contributed by atoms with E-state index < -0.39 is 0 Å². The zero-order valence-corrected chi connectivity index (χ0v) is 20.2. The van der Waals surface area contributed by atoms with Crippen LogP contribution in [0.3, 0.4) is 0 Å². The molecule has 1 aliphatic rings. The van der Waals surface area contributed by atoms with Crippen LogP contribution in [0.5, 0.6) is 0 Å². The summed E-state index contributed by atoms with van der Waals surface area (Å²) in [5.41, 5.74) is 7.93. The van der Waals surface area contributed by atoms with Crippen LogP contribution in [0.25, 0.3) is 11.2 Å². The second-order valence-corrected chi connectivity index (χ2v) is 10.1. The Balaban J connectivity index is 1.73. The molecule has 10 heteroatoms. The maximum Gasteiger partial charge on any atom is 0.225 e. The zero-order valence-electron chi connectivity index (χ0n) is 18.7. The van der Waals surface area contributed by atoms with Crippen LogP contribution >= 0.6 is 23.2 Å². The van der Waals surface area contributed by atoms with Gasteiger partial charge < -0.3 is 21.3 Å². The normalized spacial score (nSPS) is 15.9. The predicted molar refractivity (Wildman–Crippen MR) is 132 cm³/mol. The molecule has 1 aromatic carbocycles. The number of halogens is 2. The van der Waals surface area contributed by atoms with Crippen LogP contribution in [-0.2, 0) is 0 Å². The summed E-state index contributed by atoms with van der Waals surface area (Å²) in [6, 6.07) is 5.63. The number of anilines is 3. The number of fused-ring (bicyclic) bond motifs is 1. The Labute approximate surface area is 198 Å². The molecule has 3 aromatic rings. The molecule has 32 heavy (non-hydrogen) atoms. The van der Waals surface area contributed by atoms with Crippen molar-refractivity contribution < 1.29 is 0 Å². The Bertz CT molecular complexity index is 1060. The third-order valence-electron chi connectivity index (χ3n) is 5.41. The van der Waals surface area contributed by atoms with E-state index in [0.29, 0.717) is 28.5 Å². The molecule has 0 unspecified atom stereocenters. The molecule has 0 amide bonds. The van der Waals surface area contributed by atoms with Gasteiger partial charge in [0.1, 0.15) is 5.52 Å². The minimum atomic E-state index is -0.148. The first-order valence-corrected chi connectivity index (χ1v) is 11.7. The Kier molecular flexibility index (Phi) is 6.76. The van der Waals surface area contributed by atoms with E-state index in [1.807, 2.05) is 12.1 Å². The zero-order chi connectivity index (χ0) is 22.9. The van der Waals surface area contributed by atoms with E-state index in [1.54, 1.807) is 12.3 Å². The van der Waals surface area contributed by atoms with Crippen LogP contribution in [0.2, 0.25) is 10.0 Å². The van der Waals surface area contributed by atoms with Crippen LogP contribution in [0.1, 0.15) is 39.7 Å². The molecule has 1 fully saturated rings. The number of benzene rings is 1. The van der Waals surface area contributed by atoms with Crippen molar-refractivity contribution in [1.82, 2.24) is 24.4 Å². The number of imidazole rings is 1. The van der Waals surface area contributed by atoms with Crippen molar-refractivity contribution in [3.8, 4) is 0 Å². The second-order valence-electron chi connectivity index (χ2n) is 9.23. The quantitative estimate of drug-likeness (QED) is 0.474. The summed E-state index contributed by atoms with van der Waals surface area (Å²) in [4.78, 5) is 16.5. The van der Waals surface area contributed by atoms with Gasteiger partial charge in [-0.2, -0.15) is 4.98 Å². The molecule has 0 aliphatic carbocycles. The summed E-state index contributed by atoms with van der Waals surface area (Å²) in [6.07, 6.45) is 3.75. The van der Waals surface area contributed by atoms with E-state index in [4.69, 9.17) is 38.9 Å². The van der Waals surface area contributed by atoms with Crippen LogP contribution in [0.4, 0.5) is 17.6 Å². The van der Waals surface area contributed by atoms with Gasteiger partial charge in [0.15, 0.2) is 5.65 Å². The summed E-state index contributed by atoms with van der Waals surface area (Å²) in [5.74, 6) is 1.29. The fourth-order valence-corrected chi connectivity index (χ4v) is 4.59. The monoisotopic (exact) mass is 476 g/mol. The number of likely N-dealkylation sites (tertiary alicyclic amines) is 1. The summed E-state index contributed by atoms with van der Waals surface area (Å²) < 4.78 is 2.19. The predicted octanol–water partition coefficient (Wildman–Crippen LogP) is 4.68. The second kappa shape index (κ2) is 9.39. The van der Waals surface area contributed by atoms with Gasteiger partial charge in [-0.15, -0.1) is 0 Å². The third-order valence-corrected chi connectivity index (χ3v) is 5.84. The maximum atomic E-state index is 6.21. The fourth-order valence-electron chi connectivity index (χ4n) is 4.06. The third kappa shape index (κ3) is 5.43. The van der Waals surface area contributed by atoms with E-state index in [-0.39, 0.29) is 11.6 Å². The first kappa shape index (κ1) is 23.0. The topological polar surface area (TPSA) is 96.9 Å². The number of piperidine rings is 1. The standard InChI is InChI=1S/C22H30Cl2N8/c1-22(2,3)30-20-26-13-18-19(29-20)32(17-4-7-31(8-5-17)9-6-25)21(28-18)27-16-11-14(23)10-15(24)12-16/h10-13,17H,4-9,25H2,1-3H3,(H,27,28)(H,26,29,30). The van der Waals surface area contributed by atoms with Gasteiger partial charge in [-0.05, 0) is 51.8 Å². The first-order valence-electron chi connectivity index (χ1n) is 10.9. The molecule has 4 N–H and O–H groups in total. The van der Waals surface area contributed by atoms with Crippen molar-refractivity contribution in [3.05, 3.63) is 34.4 Å². The van der Waals surface area contributed by atoms with Gasteiger partial charge >= 0.3 is 0 Å². The molecule has 0 atom stereocenters. The van der Waals surface area contributed by atoms with E-state index >= 15 is 0 Å². The summed E-state index contributed by atoms with van der Waals surface area (Å²) in [5, 5.41) is 7.89. The average molecular weight is 477 g/mol. The molecule has 0 radical (unpaired) electrons. The molecule has 0 bridgehead atoms. The van der Waals surface area contributed by atoms with Crippen LogP contribution in [-0.4, -0.2) is 56.1 Å². The van der Waals surface area contributed by atoms with Crippen LogP contribution in [0.15, 0.2) is 24.4 Å². The highest BCUT2D eigenvalue weighted by Crippen LogP contribution is 2.33.